The zero-order valence-electron chi connectivity index (χ0n) is 20.4. The number of carboxylic acids is 1. The first kappa shape index (κ1) is 29.0. The van der Waals surface area contributed by atoms with Gasteiger partial charge in [-0.05, 0) is 68.6 Å². The van der Waals surface area contributed by atoms with Crippen LogP contribution in [0.3, 0.4) is 0 Å². The molecule has 0 saturated heterocycles. The Labute approximate surface area is 191 Å². The lowest BCUT2D eigenvalue weighted by Gasteiger charge is -2.06. The Hall–Kier alpha value is -2.03. The van der Waals surface area contributed by atoms with Crippen molar-refractivity contribution < 1.29 is 15.0 Å². The third kappa shape index (κ3) is 18.5. The second kappa shape index (κ2) is 19.9. The Kier molecular flexibility index (Phi) is 18.6. The molecule has 1 aromatic carbocycles. The molecule has 0 aliphatic rings. The van der Waals surface area contributed by atoms with Crippen molar-refractivity contribution in [1.82, 2.24) is 0 Å². The van der Waals surface area contributed by atoms with E-state index in [0.29, 0.717) is 18.1 Å². The van der Waals surface area contributed by atoms with Gasteiger partial charge in [0.25, 0.3) is 0 Å². The summed E-state index contributed by atoms with van der Waals surface area (Å²) in [5, 5.41) is 17.9. The first-order chi connectivity index (χ1) is 14.9. The predicted octanol–water partition coefficient (Wildman–Crippen LogP) is 8.71. The molecule has 176 valence electrons. The van der Waals surface area contributed by atoms with E-state index in [1.54, 1.807) is 0 Å². The van der Waals surface area contributed by atoms with Gasteiger partial charge < -0.3 is 10.2 Å². The van der Waals surface area contributed by atoms with Gasteiger partial charge in [-0.1, -0.05) is 89.3 Å². The molecular weight excluding hydrogens is 384 g/mol. The maximum Gasteiger partial charge on any atom is 0.303 e. The predicted molar refractivity (Wildman–Crippen MR) is 134 cm³/mol. The molecule has 0 atom stereocenters. The molecule has 2 N–H and O–H groups in total. The first-order valence-electron chi connectivity index (χ1n) is 12.2. The highest BCUT2D eigenvalue weighted by atomic mass is 16.4. The van der Waals surface area contributed by atoms with Crippen molar-refractivity contribution in [2.24, 2.45) is 0 Å². The highest BCUT2D eigenvalue weighted by Crippen LogP contribution is 2.22. The van der Waals surface area contributed by atoms with E-state index in [-0.39, 0.29) is 0 Å². The number of allylic oxidation sites excluding steroid dienone is 4. The van der Waals surface area contributed by atoms with Crippen molar-refractivity contribution >= 4 is 5.97 Å². The van der Waals surface area contributed by atoms with Gasteiger partial charge >= 0.3 is 5.97 Å². The molecule has 0 aromatic heterocycles. The van der Waals surface area contributed by atoms with Gasteiger partial charge in [0, 0.05) is 6.42 Å². The van der Waals surface area contributed by atoms with Crippen LogP contribution in [0.15, 0.2) is 42.5 Å². The van der Waals surface area contributed by atoms with Crippen LogP contribution in [0.5, 0.6) is 5.75 Å². The lowest BCUT2D eigenvalue weighted by molar-refractivity contribution is -0.137. The minimum absolute atomic E-state index is 0.324. The summed E-state index contributed by atoms with van der Waals surface area (Å²) >= 11 is 0. The van der Waals surface area contributed by atoms with Crippen molar-refractivity contribution in [2.75, 3.05) is 0 Å². The molecule has 1 rings (SSSR count). The number of hydrogen-bond acceptors (Lipinski definition) is 2. The zero-order valence-corrected chi connectivity index (χ0v) is 20.4. The van der Waals surface area contributed by atoms with E-state index in [1.807, 2.05) is 19.1 Å². The maximum absolute atomic E-state index is 10.3. The third-order valence-electron chi connectivity index (χ3n) is 5.24. The molecule has 3 nitrogen and oxygen atoms in total. The van der Waals surface area contributed by atoms with Crippen LogP contribution in [-0.2, 0) is 4.79 Å². The number of hydrogen-bond donors (Lipinski definition) is 2. The Morgan fingerprint density at radius 1 is 0.903 bits per heavy atom. The van der Waals surface area contributed by atoms with Gasteiger partial charge in [0.05, 0.1) is 0 Å². The van der Waals surface area contributed by atoms with Crippen molar-refractivity contribution in [2.45, 2.75) is 111 Å². The second-order valence-corrected chi connectivity index (χ2v) is 8.58. The van der Waals surface area contributed by atoms with Crippen LogP contribution in [-0.4, -0.2) is 16.2 Å². The van der Waals surface area contributed by atoms with Gasteiger partial charge in [0.2, 0.25) is 0 Å². The highest BCUT2D eigenvalue weighted by molar-refractivity contribution is 5.66. The average molecular weight is 431 g/mol. The van der Waals surface area contributed by atoms with Gasteiger partial charge in [0.15, 0.2) is 0 Å². The van der Waals surface area contributed by atoms with Crippen molar-refractivity contribution in [1.29, 1.82) is 0 Å². The van der Waals surface area contributed by atoms with Crippen molar-refractivity contribution in [3.8, 4) is 5.75 Å². The number of phenols is 1. The summed E-state index contributed by atoms with van der Waals surface area (Å²) in [6.07, 6.45) is 22.3. The number of unbranched alkanes of at least 4 members (excludes halogenated alkanes) is 8. The van der Waals surface area contributed by atoms with Crippen molar-refractivity contribution in [3.05, 3.63) is 53.6 Å². The minimum Gasteiger partial charge on any atom is -0.508 e. The lowest BCUT2D eigenvalue weighted by atomic mass is 10.0. The fourth-order valence-electron chi connectivity index (χ4n) is 3.07. The number of benzene rings is 1. The molecule has 3 heteroatoms. The minimum atomic E-state index is -0.671. The SMILES string of the molecule is CCCCC/C=C\C/C=C\CCCCCCCC(=O)O.Cc1ccc(C(C)C)cc1O. The van der Waals surface area contributed by atoms with Gasteiger partial charge in [-0.3, -0.25) is 4.79 Å². The van der Waals surface area contributed by atoms with Crippen LogP contribution in [0, 0.1) is 6.92 Å². The van der Waals surface area contributed by atoms with Gasteiger partial charge in [-0.25, -0.2) is 0 Å². The normalized spacial score (nSPS) is 11.3. The average Bonchev–Trinajstić information content (AvgIpc) is 2.73. The van der Waals surface area contributed by atoms with Gasteiger partial charge in [-0.2, -0.15) is 0 Å². The topological polar surface area (TPSA) is 57.5 Å². The van der Waals surface area contributed by atoms with E-state index in [2.05, 4.69) is 51.1 Å². The number of rotatable bonds is 15. The second-order valence-electron chi connectivity index (χ2n) is 8.58. The van der Waals surface area contributed by atoms with Crippen LogP contribution in [0.25, 0.3) is 0 Å². The molecule has 0 bridgehead atoms. The summed E-state index contributed by atoms with van der Waals surface area (Å²) in [7, 11) is 0. The van der Waals surface area contributed by atoms with E-state index >= 15 is 0 Å². The molecule has 0 aliphatic heterocycles. The maximum atomic E-state index is 10.3. The van der Waals surface area contributed by atoms with Crippen LogP contribution in [0.4, 0.5) is 0 Å². The van der Waals surface area contributed by atoms with E-state index in [0.717, 1.165) is 31.2 Å². The molecule has 0 fully saturated rings. The molecule has 0 spiro atoms. The highest BCUT2D eigenvalue weighted by Gasteiger charge is 2.01. The Morgan fingerprint density at radius 3 is 2.03 bits per heavy atom. The fourth-order valence-corrected chi connectivity index (χ4v) is 3.07. The summed E-state index contributed by atoms with van der Waals surface area (Å²) in [4.78, 5) is 10.3. The van der Waals surface area contributed by atoms with Crippen molar-refractivity contribution in [3.63, 3.8) is 0 Å². The van der Waals surface area contributed by atoms with E-state index < -0.39 is 5.97 Å². The molecule has 0 unspecified atom stereocenters. The summed E-state index contributed by atoms with van der Waals surface area (Å²) < 4.78 is 0. The standard InChI is InChI=1S/C18H32O2.C10H14O/c1-2-3-4-5-6-7-8-9-10-11-12-13-14-15-16-17-18(19)20;1-7(2)9-5-4-8(3)10(11)6-9/h6-7,9-10H,2-5,8,11-17H2,1H3,(H,19,20);4-7,11H,1-3H3/b7-6-,10-9-;. The summed E-state index contributed by atoms with van der Waals surface area (Å²) in [5.41, 5.74) is 2.13. The molecular formula is C28H46O3. The van der Waals surface area contributed by atoms with E-state index in [9.17, 15) is 9.90 Å². The lowest BCUT2D eigenvalue weighted by Crippen LogP contribution is -1.93. The van der Waals surface area contributed by atoms with Crippen LogP contribution in [0.2, 0.25) is 0 Å². The molecule has 0 radical (unpaired) electrons. The molecule has 1 aromatic rings. The van der Waals surface area contributed by atoms with Crippen LogP contribution >= 0.6 is 0 Å². The van der Waals surface area contributed by atoms with Gasteiger partial charge in [0.1, 0.15) is 5.75 Å². The molecule has 0 aliphatic carbocycles. The largest absolute Gasteiger partial charge is 0.508 e. The number of aliphatic carboxylic acids is 1. The number of phenolic OH excluding ortho intramolecular Hbond substituents is 1. The van der Waals surface area contributed by atoms with E-state index in [1.165, 1.54) is 50.5 Å². The van der Waals surface area contributed by atoms with Crippen LogP contribution in [0.1, 0.15) is 115 Å². The smallest absolute Gasteiger partial charge is 0.303 e. The molecule has 31 heavy (non-hydrogen) atoms. The molecule has 0 heterocycles. The Morgan fingerprint density at radius 2 is 1.48 bits per heavy atom. The number of carboxylic acid groups (broad SMARTS) is 1. The summed E-state index contributed by atoms with van der Waals surface area (Å²) in [5.74, 6) is 0.216. The molecule has 0 saturated carbocycles. The fraction of sp³-hybridized carbons (Fsp3) is 0.607. The number of aromatic hydroxyl groups is 1. The monoisotopic (exact) mass is 430 g/mol. The number of carbonyl (C=O) groups is 1. The van der Waals surface area contributed by atoms with Gasteiger partial charge in [-0.15, -0.1) is 0 Å². The third-order valence-corrected chi connectivity index (χ3v) is 5.24. The Balaban J connectivity index is 0.000000683. The van der Waals surface area contributed by atoms with E-state index in [4.69, 9.17) is 5.11 Å². The first-order valence-corrected chi connectivity index (χ1v) is 12.2. The van der Waals surface area contributed by atoms with Crippen LogP contribution < -0.4 is 0 Å². The number of aryl methyl sites for hydroxylation is 1. The summed E-state index contributed by atoms with van der Waals surface area (Å²) in [6, 6.07) is 5.84. The molecule has 0 amide bonds. The zero-order chi connectivity index (χ0) is 23.3. The Bertz CT molecular complexity index is 629. The quantitative estimate of drug-likeness (QED) is 0.216. The summed E-state index contributed by atoms with van der Waals surface area (Å²) in [6.45, 7) is 8.37.